The standard InChI is InChI=1S/C15H22Br2O3/c1-19-12(6-4-2-3-5-7-14(16)17)8-9-13-10-11-15(18)20-13/h7-9,12-13H,2-6,10-11H2,1H3/b9-8+/t12-,13-/m1/s1. The number of rotatable bonds is 9. The Balaban J connectivity index is 2.14. The molecule has 0 amide bonds. The van der Waals surface area contributed by atoms with Crippen molar-refractivity contribution in [3.8, 4) is 0 Å². The number of ether oxygens (including phenoxy) is 2. The van der Waals surface area contributed by atoms with Crippen LogP contribution >= 0.6 is 31.9 Å². The van der Waals surface area contributed by atoms with Gasteiger partial charge in [-0.1, -0.05) is 25.0 Å². The van der Waals surface area contributed by atoms with Gasteiger partial charge in [-0.15, -0.1) is 0 Å². The number of cyclic esters (lactones) is 1. The van der Waals surface area contributed by atoms with E-state index in [0.717, 1.165) is 29.1 Å². The molecule has 1 saturated heterocycles. The second kappa shape index (κ2) is 10.6. The van der Waals surface area contributed by atoms with E-state index in [-0.39, 0.29) is 18.2 Å². The number of esters is 1. The van der Waals surface area contributed by atoms with Gasteiger partial charge in [-0.3, -0.25) is 4.79 Å². The molecule has 2 atom stereocenters. The second-order valence-corrected chi connectivity index (χ2v) is 7.63. The van der Waals surface area contributed by atoms with Crippen LogP contribution in [-0.2, 0) is 14.3 Å². The maximum atomic E-state index is 11.0. The predicted octanol–water partition coefficient (Wildman–Crippen LogP) is 4.84. The molecule has 0 aromatic carbocycles. The van der Waals surface area contributed by atoms with Gasteiger partial charge >= 0.3 is 5.97 Å². The molecule has 0 unspecified atom stereocenters. The van der Waals surface area contributed by atoms with Crippen LogP contribution in [-0.4, -0.2) is 25.3 Å². The normalized spacial score (nSPS) is 20.1. The van der Waals surface area contributed by atoms with Crippen LogP contribution in [0.25, 0.3) is 0 Å². The molecule has 0 spiro atoms. The predicted molar refractivity (Wildman–Crippen MR) is 88.1 cm³/mol. The summed E-state index contributed by atoms with van der Waals surface area (Å²) < 4.78 is 11.6. The fraction of sp³-hybridized carbons (Fsp3) is 0.667. The summed E-state index contributed by atoms with van der Waals surface area (Å²) in [5, 5.41) is 0. The van der Waals surface area contributed by atoms with Gasteiger partial charge in [0.05, 0.1) is 9.50 Å². The van der Waals surface area contributed by atoms with E-state index in [4.69, 9.17) is 9.47 Å². The first-order valence-corrected chi connectivity index (χ1v) is 8.62. The minimum absolute atomic E-state index is 0.0541. The van der Waals surface area contributed by atoms with Gasteiger partial charge in [0.1, 0.15) is 6.10 Å². The van der Waals surface area contributed by atoms with Crippen LogP contribution in [0.4, 0.5) is 0 Å². The van der Waals surface area contributed by atoms with Crippen LogP contribution in [0.5, 0.6) is 0 Å². The Kier molecular flexibility index (Phi) is 9.48. The Hall–Kier alpha value is -0.130. The minimum atomic E-state index is -0.0976. The number of carbonyl (C=O) groups is 1. The van der Waals surface area contributed by atoms with Crippen LogP contribution in [0, 0.1) is 0 Å². The highest BCUT2D eigenvalue weighted by Crippen LogP contribution is 2.17. The zero-order valence-corrected chi connectivity index (χ0v) is 15.0. The van der Waals surface area contributed by atoms with Gasteiger partial charge in [0, 0.05) is 13.5 Å². The molecule has 0 bridgehead atoms. The highest BCUT2D eigenvalue weighted by atomic mass is 79.9. The van der Waals surface area contributed by atoms with Crippen LogP contribution in [0.15, 0.2) is 21.6 Å². The molecule has 1 rings (SSSR count). The van der Waals surface area contributed by atoms with E-state index in [2.05, 4.69) is 37.9 Å². The van der Waals surface area contributed by atoms with E-state index in [0.29, 0.717) is 6.42 Å². The van der Waals surface area contributed by atoms with Crippen molar-refractivity contribution in [1.82, 2.24) is 0 Å². The lowest BCUT2D eigenvalue weighted by molar-refractivity contribution is -0.140. The lowest BCUT2D eigenvalue weighted by Gasteiger charge is -2.11. The summed E-state index contributed by atoms with van der Waals surface area (Å²) in [7, 11) is 1.72. The summed E-state index contributed by atoms with van der Waals surface area (Å²) in [5.41, 5.74) is 0. The lowest BCUT2D eigenvalue weighted by Crippen LogP contribution is -2.09. The number of allylic oxidation sites excluding steroid dienone is 1. The summed E-state index contributed by atoms with van der Waals surface area (Å²) in [6.45, 7) is 0. The number of methoxy groups -OCH3 is 1. The zero-order valence-electron chi connectivity index (χ0n) is 11.8. The van der Waals surface area contributed by atoms with E-state index in [1.54, 1.807) is 7.11 Å². The fourth-order valence-corrected chi connectivity index (χ4v) is 2.56. The van der Waals surface area contributed by atoms with Crippen LogP contribution in [0.3, 0.4) is 0 Å². The van der Waals surface area contributed by atoms with Crippen LogP contribution < -0.4 is 0 Å². The smallest absolute Gasteiger partial charge is 0.306 e. The van der Waals surface area contributed by atoms with E-state index < -0.39 is 0 Å². The summed E-state index contributed by atoms with van der Waals surface area (Å²) in [6.07, 6.45) is 13.1. The van der Waals surface area contributed by atoms with Gasteiger partial charge in [-0.05, 0) is 63.6 Å². The molecule has 20 heavy (non-hydrogen) atoms. The number of hydrogen-bond acceptors (Lipinski definition) is 3. The Morgan fingerprint density at radius 1 is 1.45 bits per heavy atom. The summed E-state index contributed by atoms with van der Waals surface area (Å²) in [4.78, 5) is 11.0. The van der Waals surface area contributed by atoms with E-state index in [1.165, 1.54) is 12.8 Å². The fourth-order valence-electron chi connectivity index (χ4n) is 2.10. The molecule has 1 fully saturated rings. The summed E-state index contributed by atoms with van der Waals surface area (Å²) in [5.74, 6) is -0.0976. The van der Waals surface area contributed by atoms with Gasteiger partial charge in [0.15, 0.2) is 0 Å². The Morgan fingerprint density at radius 2 is 2.25 bits per heavy atom. The first-order valence-electron chi connectivity index (χ1n) is 7.03. The lowest BCUT2D eigenvalue weighted by atomic mass is 10.1. The third kappa shape index (κ3) is 8.22. The average Bonchev–Trinajstić information content (AvgIpc) is 2.82. The highest BCUT2D eigenvalue weighted by Gasteiger charge is 2.20. The zero-order chi connectivity index (χ0) is 14.8. The second-order valence-electron chi connectivity index (χ2n) is 4.86. The minimum Gasteiger partial charge on any atom is -0.458 e. The summed E-state index contributed by atoms with van der Waals surface area (Å²) >= 11 is 6.70. The van der Waals surface area contributed by atoms with Crippen molar-refractivity contribution in [2.75, 3.05) is 7.11 Å². The van der Waals surface area contributed by atoms with E-state index in [9.17, 15) is 4.79 Å². The third-order valence-electron chi connectivity index (χ3n) is 3.25. The topological polar surface area (TPSA) is 35.5 Å². The molecule has 1 heterocycles. The summed E-state index contributed by atoms with van der Waals surface area (Å²) in [6, 6.07) is 0. The van der Waals surface area contributed by atoms with Crippen molar-refractivity contribution >= 4 is 37.8 Å². The van der Waals surface area contributed by atoms with Gasteiger partial charge in [-0.2, -0.15) is 0 Å². The van der Waals surface area contributed by atoms with Crippen molar-refractivity contribution in [1.29, 1.82) is 0 Å². The molecule has 0 saturated carbocycles. The van der Waals surface area contributed by atoms with Gasteiger partial charge in [0.25, 0.3) is 0 Å². The molecule has 0 aromatic heterocycles. The van der Waals surface area contributed by atoms with Crippen LogP contribution in [0.2, 0.25) is 0 Å². The molecular formula is C15H22Br2O3. The maximum absolute atomic E-state index is 11.0. The van der Waals surface area contributed by atoms with Crippen LogP contribution in [0.1, 0.15) is 44.9 Å². The van der Waals surface area contributed by atoms with Crippen molar-refractivity contribution < 1.29 is 14.3 Å². The first kappa shape index (κ1) is 17.9. The molecule has 0 aliphatic carbocycles. The van der Waals surface area contributed by atoms with Crippen molar-refractivity contribution in [3.63, 3.8) is 0 Å². The number of unbranched alkanes of at least 4 members (excludes halogenated alkanes) is 3. The van der Waals surface area contributed by atoms with E-state index in [1.807, 2.05) is 12.2 Å². The largest absolute Gasteiger partial charge is 0.458 e. The van der Waals surface area contributed by atoms with E-state index >= 15 is 0 Å². The molecule has 1 aliphatic heterocycles. The molecule has 0 aromatic rings. The first-order chi connectivity index (χ1) is 9.61. The quantitative estimate of drug-likeness (QED) is 0.310. The molecule has 114 valence electrons. The number of hydrogen-bond donors (Lipinski definition) is 0. The molecule has 0 N–H and O–H groups in total. The van der Waals surface area contributed by atoms with Crippen molar-refractivity contribution in [2.45, 2.75) is 57.2 Å². The number of halogens is 2. The van der Waals surface area contributed by atoms with Crippen molar-refractivity contribution in [3.05, 3.63) is 21.6 Å². The third-order valence-corrected chi connectivity index (χ3v) is 3.90. The SMILES string of the molecule is CO[C@@H](/C=C/[C@@H]1CCC(=O)O1)CCCCCC=C(Br)Br. The van der Waals surface area contributed by atoms with Gasteiger partial charge < -0.3 is 9.47 Å². The molecule has 1 aliphatic rings. The highest BCUT2D eigenvalue weighted by molar-refractivity contribution is 9.28. The molecular weight excluding hydrogens is 388 g/mol. The Labute approximate surface area is 138 Å². The molecule has 0 radical (unpaired) electrons. The van der Waals surface area contributed by atoms with Gasteiger partial charge in [0.2, 0.25) is 0 Å². The monoisotopic (exact) mass is 408 g/mol. The number of carbonyl (C=O) groups excluding carboxylic acids is 1. The van der Waals surface area contributed by atoms with Crippen molar-refractivity contribution in [2.24, 2.45) is 0 Å². The van der Waals surface area contributed by atoms with Gasteiger partial charge in [-0.25, -0.2) is 0 Å². The Bertz CT molecular complexity index is 349. The molecule has 5 heteroatoms. The average molecular weight is 410 g/mol. The Morgan fingerprint density at radius 3 is 2.85 bits per heavy atom. The molecule has 3 nitrogen and oxygen atoms in total. The maximum Gasteiger partial charge on any atom is 0.306 e.